The standard InChI is InChI=1S/C22H18N2O6S/c1-28-18-11-6-14(21-29-13-15-4-2-3-5-20(15)31-21)12-19(18)30-22(25)23-16-7-9-17(10-8-16)24(26)27/h2-12,21H,13H2,1H3,(H,23,25). The second-order valence-corrected chi connectivity index (χ2v) is 7.70. The number of benzene rings is 3. The van der Waals surface area contributed by atoms with Crippen molar-refractivity contribution in [2.45, 2.75) is 16.9 Å². The van der Waals surface area contributed by atoms with E-state index in [0.29, 0.717) is 18.0 Å². The summed E-state index contributed by atoms with van der Waals surface area (Å²) in [7, 11) is 1.48. The van der Waals surface area contributed by atoms with E-state index in [1.165, 1.54) is 31.4 Å². The first-order valence-corrected chi connectivity index (χ1v) is 10.2. The number of nitrogens with one attached hydrogen (secondary N) is 1. The van der Waals surface area contributed by atoms with Crippen molar-refractivity contribution in [1.29, 1.82) is 0 Å². The van der Waals surface area contributed by atoms with Gasteiger partial charge in [-0.2, -0.15) is 0 Å². The van der Waals surface area contributed by atoms with Crippen LogP contribution in [-0.4, -0.2) is 18.1 Å². The molecule has 3 aromatic carbocycles. The van der Waals surface area contributed by atoms with Gasteiger partial charge >= 0.3 is 6.09 Å². The molecule has 0 saturated heterocycles. The lowest BCUT2D eigenvalue weighted by molar-refractivity contribution is -0.384. The molecule has 0 radical (unpaired) electrons. The van der Waals surface area contributed by atoms with Crippen LogP contribution in [0.1, 0.15) is 16.6 Å². The number of nitro groups is 1. The highest BCUT2D eigenvalue weighted by Gasteiger charge is 2.23. The zero-order chi connectivity index (χ0) is 21.8. The fourth-order valence-electron chi connectivity index (χ4n) is 3.05. The summed E-state index contributed by atoms with van der Waals surface area (Å²) >= 11 is 1.58. The Kier molecular flexibility index (Phi) is 6.06. The summed E-state index contributed by atoms with van der Waals surface area (Å²) in [5, 5.41) is 13.3. The number of ether oxygens (including phenoxy) is 3. The minimum absolute atomic E-state index is 0.0696. The monoisotopic (exact) mass is 438 g/mol. The lowest BCUT2D eigenvalue weighted by Crippen LogP contribution is -2.17. The van der Waals surface area contributed by atoms with Gasteiger partial charge in [-0.15, -0.1) is 0 Å². The Hall–Kier alpha value is -3.56. The van der Waals surface area contributed by atoms with E-state index in [-0.39, 0.29) is 16.9 Å². The van der Waals surface area contributed by atoms with Crippen LogP contribution in [-0.2, 0) is 11.3 Å². The van der Waals surface area contributed by atoms with Crippen molar-refractivity contribution in [3.05, 3.63) is 88.0 Å². The molecule has 1 unspecified atom stereocenters. The van der Waals surface area contributed by atoms with Crippen molar-refractivity contribution in [1.82, 2.24) is 0 Å². The van der Waals surface area contributed by atoms with Crippen LogP contribution in [0.2, 0.25) is 0 Å². The molecule has 0 aromatic heterocycles. The number of amides is 1. The van der Waals surface area contributed by atoms with Gasteiger partial charge < -0.3 is 14.2 Å². The minimum Gasteiger partial charge on any atom is -0.493 e. The highest BCUT2D eigenvalue weighted by atomic mass is 32.2. The van der Waals surface area contributed by atoms with Crippen LogP contribution in [0.15, 0.2) is 71.6 Å². The molecule has 1 aliphatic rings. The van der Waals surface area contributed by atoms with Gasteiger partial charge in [0.2, 0.25) is 0 Å². The smallest absolute Gasteiger partial charge is 0.417 e. The summed E-state index contributed by atoms with van der Waals surface area (Å²) in [5.41, 5.74) is 2.02. The third-order valence-electron chi connectivity index (χ3n) is 4.58. The number of hydrogen-bond acceptors (Lipinski definition) is 7. The van der Waals surface area contributed by atoms with Crippen LogP contribution in [0.25, 0.3) is 0 Å². The molecule has 1 heterocycles. The van der Waals surface area contributed by atoms with E-state index < -0.39 is 11.0 Å². The quantitative estimate of drug-likeness (QED) is 0.413. The first-order valence-electron chi connectivity index (χ1n) is 9.31. The highest BCUT2D eigenvalue weighted by Crippen LogP contribution is 2.44. The first-order chi connectivity index (χ1) is 15.0. The van der Waals surface area contributed by atoms with Crippen LogP contribution in [0, 0.1) is 10.1 Å². The summed E-state index contributed by atoms with van der Waals surface area (Å²) in [6, 6.07) is 18.8. The lowest BCUT2D eigenvalue weighted by atomic mass is 10.2. The number of rotatable bonds is 5. The Morgan fingerprint density at radius 3 is 2.65 bits per heavy atom. The largest absolute Gasteiger partial charge is 0.493 e. The van der Waals surface area contributed by atoms with Crippen LogP contribution in [0.5, 0.6) is 11.5 Å². The molecule has 0 spiro atoms. The number of fused-ring (bicyclic) bond motifs is 1. The number of non-ortho nitro benzene ring substituents is 1. The summed E-state index contributed by atoms with van der Waals surface area (Å²) in [6.45, 7) is 0.497. The van der Waals surface area contributed by atoms with Gasteiger partial charge in [-0.25, -0.2) is 4.79 Å². The molecule has 0 aliphatic carbocycles. The third kappa shape index (κ3) is 4.79. The van der Waals surface area contributed by atoms with E-state index in [1.807, 2.05) is 30.3 Å². The van der Waals surface area contributed by atoms with E-state index in [4.69, 9.17) is 14.2 Å². The average molecular weight is 438 g/mol. The van der Waals surface area contributed by atoms with Crippen molar-refractivity contribution in [2.75, 3.05) is 12.4 Å². The predicted molar refractivity (Wildman–Crippen MR) is 116 cm³/mol. The van der Waals surface area contributed by atoms with E-state index in [1.54, 1.807) is 23.9 Å². The Labute approximate surface area is 182 Å². The number of thioether (sulfide) groups is 1. The van der Waals surface area contributed by atoms with Crippen LogP contribution in [0.4, 0.5) is 16.2 Å². The molecular weight excluding hydrogens is 420 g/mol. The Morgan fingerprint density at radius 1 is 1.13 bits per heavy atom. The third-order valence-corrected chi connectivity index (χ3v) is 5.86. The molecule has 4 rings (SSSR count). The Morgan fingerprint density at radius 2 is 1.90 bits per heavy atom. The SMILES string of the molecule is COc1ccc(C2OCc3ccccc3S2)cc1OC(=O)Nc1ccc([N+](=O)[O-])cc1. The number of carbonyl (C=O) groups excluding carboxylic acids is 1. The molecule has 0 saturated carbocycles. The molecule has 0 fully saturated rings. The summed E-state index contributed by atoms with van der Waals surface area (Å²) in [4.78, 5) is 23.7. The van der Waals surface area contributed by atoms with Crippen molar-refractivity contribution in [3.8, 4) is 11.5 Å². The minimum atomic E-state index is -0.744. The molecule has 3 aromatic rings. The topological polar surface area (TPSA) is 99.9 Å². The van der Waals surface area contributed by atoms with Gasteiger partial charge in [0, 0.05) is 22.7 Å². The number of nitrogens with zero attached hydrogens (tertiary/aromatic N) is 1. The van der Waals surface area contributed by atoms with Crippen LogP contribution < -0.4 is 14.8 Å². The van der Waals surface area contributed by atoms with Crippen molar-refractivity contribution in [2.24, 2.45) is 0 Å². The van der Waals surface area contributed by atoms with Crippen molar-refractivity contribution >= 4 is 29.2 Å². The van der Waals surface area contributed by atoms with Gasteiger partial charge in [0.25, 0.3) is 5.69 Å². The molecule has 8 nitrogen and oxygen atoms in total. The van der Waals surface area contributed by atoms with Gasteiger partial charge in [0.15, 0.2) is 11.5 Å². The van der Waals surface area contributed by atoms with Gasteiger partial charge in [-0.1, -0.05) is 36.0 Å². The predicted octanol–water partition coefficient (Wildman–Crippen LogP) is 5.54. The fraction of sp³-hybridized carbons (Fsp3) is 0.136. The van der Waals surface area contributed by atoms with Crippen LogP contribution >= 0.6 is 11.8 Å². The molecule has 1 amide bonds. The fourth-order valence-corrected chi connectivity index (χ4v) is 4.13. The van der Waals surface area contributed by atoms with Gasteiger partial charge in [-0.05, 0) is 41.5 Å². The second-order valence-electron chi connectivity index (χ2n) is 6.60. The summed E-state index contributed by atoms with van der Waals surface area (Å²) in [5.74, 6) is 0.631. The highest BCUT2D eigenvalue weighted by molar-refractivity contribution is 7.99. The number of anilines is 1. The zero-order valence-electron chi connectivity index (χ0n) is 16.4. The maximum atomic E-state index is 12.4. The van der Waals surface area contributed by atoms with Crippen molar-refractivity contribution in [3.63, 3.8) is 0 Å². The average Bonchev–Trinajstić information content (AvgIpc) is 2.79. The molecule has 1 N–H and O–H groups in total. The molecular formula is C22H18N2O6S. The second kappa shape index (κ2) is 9.07. The number of methoxy groups -OCH3 is 1. The molecule has 31 heavy (non-hydrogen) atoms. The van der Waals surface area contributed by atoms with E-state index in [0.717, 1.165) is 16.0 Å². The maximum Gasteiger partial charge on any atom is 0.417 e. The zero-order valence-corrected chi connectivity index (χ0v) is 17.3. The first kappa shape index (κ1) is 20.7. The van der Waals surface area contributed by atoms with Crippen LogP contribution in [0.3, 0.4) is 0 Å². The normalized spacial score (nSPS) is 14.9. The molecule has 158 valence electrons. The molecule has 1 atom stereocenters. The maximum absolute atomic E-state index is 12.4. The van der Waals surface area contributed by atoms with Gasteiger partial charge in [-0.3, -0.25) is 15.4 Å². The van der Waals surface area contributed by atoms with Gasteiger partial charge in [0.05, 0.1) is 18.6 Å². The number of hydrogen-bond donors (Lipinski definition) is 1. The van der Waals surface area contributed by atoms with E-state index in [9.17, 15) is 14.9 Å². The molecule has 0 bridgehead atoms. The van der Waals surface area contributed by atoms with E-state index in [2.05, 4.69) is 5.32 Å². The summed E-state index contributed by atoms with van der Waals surface area (Å²) in [6.07, 6.45) is -0.744. The van der Waals surface area contributed by atoms with Crippen molar-refractivity contribution < 1.29 is 23.9 Å². The number of nitro benzene ring substituents is 1. The Bertz CT molecular complexity index is 1120. The number of carbonyl (C=O) groups is 1. The van der Waals surface area contributed by atoms with E-state index >= 15 is 0 Å². The molecule has 1 aliphatic heterocycles. The molecule has 9 heteroatoms. The Balaban J connectivity index is 1.49. The summed E-state index contributed by atoms with van der Waals surface area (Å²) < 4.78 is 16.7. The van der Waals surface area contributed by atoms with Gasteiger partial charge in [0.1, 0.15) is 5.44 Å². The lowest BCUT2D eigenvalue weighted by Gasteiger charge is -2.25.